The van der Waals surface area contributed by atoms with E-state index in [1.165, 1.54) is 12.1 Å². The third kappa shape index (κ3) is 3.26. The summed E-state index contributed by atoms with van der Waals surface area (Å²) in [5.74, 6) is -1.75. The van der Waals surface area contributed by atoms with Gasteiger partial charge in [0.15, 0.2) is 17.4 Å². The summed E-state index contributed by atoms with van der Waals surface area (Å²) < 4.78 is 27.6. The first-order valence-electron chi connectivity index (χ1n) is 9.99. The maximum absolute atomic E-state index is 14.0. The third-order valence-electron chi connectivity index (χ3n) is 5.86. The lowest BCUT2D eigenvalue weighted by Crippen LogP contribution is -2.27. The molecule has 2 atom stereocenters. The zero-order valence-electron chi connectivity index (χ0n) is 16.2. The molecule has 1 aliphatic heterocycles. The number of carbonyl (C=O) groups is 1. The van der Waals surface area contributed by atoms with Gasteiger partial charge in [0.25, 0.3) is 0 Å². The van der Waals surface area contributed by atoms with Crippen molar-refractivity contribution in [2.24, 2.45) is 0 Å². The minimum Gasteiger partial charge on any atom is -0.372 e. The molecule has 30 heavy (non-hydrogen) atoms. The van der Waals surface area contributed by atoms with Gasteiger partial charge in [0, 0.05) is 17.7 Å². The molecule has 0 aromatic heterocycles. The Morgan fingerprint density at radius 2 is 1.50 bits per heavy atom. The highest BCUT2D eigenvalue weighted by Gasteiger charge is 2.36. The first kappa shape index (κ1) is 18.6. The summed E-state index contributed by atoms with van der Waals surface area (Å²) in [7, 11) is 0. The molecule has 5 heteroatoms. The summed E-state index contributed by atoms with van der Waals surface area (Å²) in [6.07, 6.45) is 1.05. The molecule has 0 saturated carbocycles. The monoisotopic (exact) mass is 402 g/mol. The number of para-hydroxylation sites is 2. The standard InChI is InChI=1S/C25H20F2N2O/c26-18-11-10-16(12-19(18)27)25-24-22(28-20-8-4-5-9-21(20)29-25)13-17(14-23(24)30)15-6-2-1-3-7-15/h1-12,17,25,28-29H,13-14H2/t17-,25+/m1/s1. The number of fused-ring (bicyclic) bond motifs is 1. The number of nitrogens with one attached hydrogen (secondary N) is 2. The SMILES string of the molecule is O=C1C[C@H](c2ccccc2)CC2=C1[C@H](c1ccc(F)c(F)c1)Nc1ccccc1N2. The third-order valence-corrected chi connectivity index (χ3v) is 5.86. The van der Waals surface area contributed by atoms with Crippen LogP contribution in [0.15, 0.2) is 84.1 Å². The fraction of sp³-hybridized carbons (Fsp3) is 0.160. The zero-order chi connectivity index (χ0) is 20.7. The fourth-order valence-corrected chi connectivity index (χ4v) is 4.40. The molecule has 0 amide bonds. The van der Waals surface area contributed by atoms with E-state index in [1.807, 2.05) is 54.6 Å². The van der Waals surface area contributed by atoms with Crippen molar-refractivity contribution < 1.29 is 13.6 Å². The van der Waals surface area contributed by atoms with Gasteiger partial charge in [0.1, 0.15) is 0 Å². The van der Waals surface area contributed by atoms with Crippen molar-refractivity contribution in [3.63, 3.8) is 0 Å². The lowest BCUT2D eigenvalue weighted by Gasteiger charge is -2.30. The van der Waals surface area contributed by atoms with E-state index in [4.69, 9.17) is 0 Å². The maximum atomic E-state index is 14.0. The Labute approximate surface area is 173 Å². The van der Waals surface area contributed by atoms with Gasteiger partial charge in [-0.3, -0.25) is 4.79 Å². The molecule has 0 fully saturated rings. The number of halogens is 2. The van der Waals surface area contributed by atoms with E-state index in [-0.39, 0.29) is 11.7 Å². The number of carbonyl (C=O) groups excluding carboxylic acids is 1. The normalized spacial score (nSPS) is 20.5. The first-order valence-corrected chi connectivity index (χ1v) is 9.99. The second-order valence-electron chi connectivity index (χ2n) is 7.75. The number of allylic oxidation sites excluding steroid dienone is 1. The first-order chi connectivity index (χ1) is 14.6. The van der Waals surface area contributed by atoms with Gasteiger partial charge in [-0.15, -0.1) is 0 Å². The van der Waals surface area contributed by atoms with Gasteiger partial charge in [-0.2, -0.15) is 0 Å². The molecule has 3 aromatic carbocycles. The highest BCUT2D eigenvalue weighted by Crippen LogP contribution is 2.44. The molecule has 0 unspecified atom stereocenters. The molecule has 2 N–H and O–H groups in total. The smallest absolute Gasteiger partial charge is 0.163 e. The predicted octanol–water partition coefficient (Wildman–Crippen LogP) is 5.94. The molecule has 5 rings (SSSR count). The van der Waals surface area contributed by atoms with E-state index in [1.54, 1.807) is 0 Å². The average Bonchev–Trinajstić information content (AvgIpc) is 2.93. The number of rotatable bonds is 2. The van der Waals surface area contributed by atoms with E-state index in [0.29, 0.717) is 24.0 Å². The molecule has 1 aliphatic carbocycles. The van der Waals surface area contributed by atoms with Gasteiger partial charge in [0.2, 0.25) is 0 Å². The van der Waals surface area contributed by atoms with Gasteiger partial charge in [-0.1, -0.05) is 48.5 Å². The van der Waals surface area contributed by atoms with Crippen LogP contribution in [0.2, 0.25) is 0 Å². The quantitative estimate of drug-likeness (QED) is 0.557. The van der Waals surface area contributed by atoms with E-state index >= 15 is 0 Å². The number of Topliss-reactive ketones (excluding diaryl/α,β-unsaturated/α-hetero) is 1. The minimum atomic E-state index is -0.924. The Morgan fingerprint density at radius 3 is 2.27 bits per heavy atom. The van der Waals surface area contributed by atoms with Crippen LogP contribution in [0, 0.1) is 11.6 Å². The maximum Gasteiger partial charge on any atom is 0.163 e. The molecule has 0 saturated heterocycles. The molecule has 0 spiro atoms. The van der Waals surface area contributed by atoms with Crippen molar-refractivity contribution in [2.45, 2.75) is 24.8 Å². The van der Waals surface area contributed by atoms with Crippen LogP contribution in [-0.4, -0.2) is 5.78 Å². The molecule has 150 valence electrons. The average molecular weight is 402 g/mol. The van der Waals surface area contributed by atoms with Gasteiger partial charge >= 0.3 is 0 Å². The van der Waals surface area contributed by atoms with Crippen LogP contribution in [0.1, 0.15) is 35.9 Å². The van der Waals surface area contributed by atoms with Gasteiger partial charge in [-0.05, 0) is 47.7 Å². The fourth-order valence-electron chi connectivity index (χ4n) is 4.40. The van der Waals surface area contributed by atoms with E-state index in [0.717, 1.165) is 28.7 Å². The Morgan fingerprint density at radius 1 is 0.767 bits per heavy atom. The lowest BCUT2D eigenvalue weighted by molar-refractivity contribution is -0.116. The Balaban J connectivity index is 1.63. The van der Waals surface area contributed by atoms with E-state index in [2.05, 4.69) is 10.6 Å². The summed E-state index contributed by atoms with van der Waals surface area (Å²) >= 11 is 0. The number of benzene rings is 3. The predicted molar refractivity (Wildman–Crippen MR) is 113 cm³/mol. The number of ketones is 1. The molecule has 3 aromatic rings. The number of hydrogen-bond acceptors (Lipinski definition) is 3. The van der Waals surface area contributed by atoms with Crippen LogP contribution in [-0.2, 0) is 4.79 Å². The number of hydrogen-bond donors (Lipinski definition) is 2. The second kappa shape index (κ2) is 7.41. The second-order valence-corrected chi connectivity index (χ2v) is 7.75. The van der Waals surface area contributed by atoms with Gasteiger partial charge in [-0.25, -0.2) is 8.78 Å². The van der Waals surface area contributed by atoms with Crippen molar-refractivity contribution >= 4 is 17.2 Å². The van der Waals surface area contributed by atoms with Crippen LogP contribution in [0.3, 0.4) is 0 Å². The van der Waals surface area contributed by atoms with Crippen molar-refractivity contribution in [2.75, 3.05) is 10.6 Å². The topological polar surface area (TPSA) is 41.1 Å². The van der Waals surface area contributed by atoms with Crippen molar-refractivity contribution in [1.82, 2.24) is 0 Å². The highest BCUT2D eigenvalue weighted by molar-refractivity contribution is 6.01. The summed E-state index contributed by atoms with van der Waals surface area (Å²) in [4.78, 5) is 13.3. The van der Waals surface area contributed by atoms with Crippen LogP contribution in [0.4, 0.5) is 20.2 Å². The van der Waals surface area contributed by atoms with Crippen molar-refractivity contribution in [3.05, 3.63) is 107 Å². The van der Waals surface area contributed by atoms with E-state index < -0.39 is 17.7 Å². The van der Waals surface area contributed by atoms with Crippen LogP contribution in [0.5, 0.6) is 0 Å². The van der Waals surface area contributed by atoms with E-state index in [9.17, 15) is 13.6 Å². The Hall–Kier alpha value is -3.47. The molecule has 0 bridgehead atoms. The molecular formula is C25H20F2N2O. The molecule has 3 nitrogen and oxygen atoms in total. The summed E-state index contributed by atoms with van der Waals surface area (Å²) in [6.45, 7) is 0. The Bertz CT molecular complexity index is 1160. The zero-order valence-corrected chi connectivity index (χ0v) is 16.2. The van der Waals surface area contributed by atoms with Crippen LogP contribution >= 0.6 is 0 Å². The molecule has 2 aliphatic rings. The molecule has 0 radical (unpaired) electrons. The van der Waals surface area contributed by atoms with Crippen LogP contribution < -0.4 is 10.6 Å². The largest absolute Gasteiger partial charge is 0.372 e. The van der Waals surface area contributed by atoms with Gasteiger partial charge in [0.05, 0.1) is 17.4 Å². The number of anilines is 2. The van der Waals surface area contributed by atoms with Gasteiger partial charge < -0.3 is 10.6 Å². The summed E-state index contributed by atoms with van der Waals surface area (Å²) in [5, 5.41) is 6.82. The minimum absolute atomic E-state index is 0.00708. The summed E-state index contributed by atoms with van der Waals surface area (Å²) in [5.41, 5.74) is 4.72. The lowest BCUT2D eigenvalue weighted by atomic mass is 9.78. The summed E-state index contributed by atoms with van der Waals surface area (Å²) in [6, 6.07) is 20.9. The molecule has 1 heterocycles. The van der Waals surface area contributed by atoms with Crippen molar-refractivity contribution in [3.8, 4) is 0 Å². The molecular weight excluding hydrogens is 382 g/mol. The Kier molecular flexibility index (Phi) is 4.58. The highest BCUT2D eigenvalue weighted by atomic mass is 19.2. The van der Waals surface area contributed by atoms with Crippen LogP contribution in [0.25, 0.3) is 0 Å². The van der Waals surface area contributed by atoms with Crippen molar-refractivity contribution in [1.29, 1.82) is 0 Å².